The Bertz CT molecular complexity index is 1280. The lowest BCUT2D eigenvalue weighted by Gasteiger charge is -2.12. The van der Waals surface area contributed by atoms with Gasteiger partial charge in [0, 0.05) is 44.4 Å². The number of hydrogen-bond acceptors (Lipinski definition) is 5. The zero-order valence-electron chi connectivity index (χ0n) is 17.6. The van der Waals surface area contributed by atoms with Gasteiger partial charge in [0.15, 0.2) is 0 Å². The molecule has 3 aromatic rings. The van der Waals surface area contributed by atoms with Crippen LogP contribution >= 0.6 is 0 Å². The monoisotopic (exact) mass is 439 g/mol. The molecule has 0 saturated carbocycles. The van der Waals surface area contributed by atoms with Crippen molar-refractivity contribution < 1.29 is 19.1 Å². The lowest BCUT2D eigenvalue weighted by atomic mass is 10.1. The third-order valence-electron chi connectivity index (χ3n) is 5.28. The fourth-order valence-electron chi connectivity index (χ4n) is 3.64. The predicted molar refractivity (Wildman–Crippen MR) is 115 cm³/mol. The number of rotatable bonds is 4. The van der Waals surface area contributed by atoms with Crippen LogP contribution in [0.25, 0.3) is 5.69 Å². The number of phenolic OH excluding ortho intramolecular Hbond substituents is 1. The molecule has 0 aliphatic carbocycles. The summed E-state index contributed by atoms with van der Waals surface area (Å²) in [5.41, 5.74) is -0.360. The predicted octanol–water partition coefficient (Wildman–Crippen LogP) is 2.17. The molecule has 0 saturated heterocycles. The van der Waals surface area contributed by atoms with E-state index >= 15 is 0 Å². The molecular formula is C22H22FN5O4. The number of carbonyl (C=O) groups excluding carboxylic acids is 2. The minimum Gasteiger partial charge on any atom is -0.507 e. The number of anilines is 1. The van der Waals surface area contributed by atoms with E-state index in [-0.39, 0.29) is 17.2 Å². The molecule has 1 aliphatic rings. The Morgan fingerprint density at radius 1 is 1.19 bits per heavy atom. The first kappa shape index (κ1) is 21.3. The van der Waals surface area contributed by atoms with Crippen LogP contribution < -0.4 is 11.0 Å². The van der Waals surface area contributed by atoms with Gasteiger partial charge in [-0.3, -0.25) is 14.2 Å². The first-order valence-corrected chi connectivity index (χ1v) is 10.1. The number of nitrogens with one attached hydrogen (secondary N) is 1. The Labute approximate surface area is 182 Å². The molecule has 0 atom stereocenters. The zero-order valence-corrected chi connectivity index (χ0v) is 17.6. The second kappa shape index (κ2) is 8.29. The van der Waals surface area contributed by atoms with E-state index < -0.39 is 23.2 Å². The number of aryl methyl sites for hydroxylation is 1. The fourth-order valence-corrected chi connectivity index (χ4v) is 3.64. The molecule has 2 aromatic carbocycles. The highest BCUT2D eigenvalue weighted by molar-refractivity contribution is 6.07. The molecule has 1 aromatic heterocycles. The lowest BCUT2D eigenvalue weighted by molar-refractivity contribution is 0.0827. The van der Waals surface area contributed by atoms with Crippen LogP contribution in [0.4, 0.5) is 10.1 Å². The van der Waals surface area contributed by atoms with Crippen LogP contribution in [-0.4, -0.2) is 50.3 Å². The van der Waals surface area contributed by atoms with Crippen molar-refractivity contribution in [3.05, 3.63) is 69.7 Å². The first-order valence-electron chi connectivity index (χ1n) is 10.1. The SMILES string of the molecule is CN(C)C(=O)c1cccc(NC(=O)c2cc(F)c(-n3nc4n(c3=O)CCCC4)cc2O)c1. The molecule has 1 aliphatic heterocycles. The molecule has 2 heterocycles. The van der Waals surface area contributed by atoms with Crippen LogP contribution in [0.1, 0.15) is 39.4 Å². The molecule has 0 bridgehead atoms. The zero-order chi connectivity index (χ0) is 23.0. The molecule has 0 radical (unpaired) electrons. The average Bonchev–Trinajstić information content (AvgIpc) is 3.11. The van der Waals surface area contributed by atoms with Crippen molar-refractivity contribution in [2.45, 2.75) is 25.8 Å². The van der Waals surface area contributed by atoms with Gasteiger partial charge in [0.2, 0.25) is 0 Å². The van der Waals surface area contributed by atoms with E-state index in [1.165, 1.54) is 15.5 Å². The van der Waals surface area contributed by atoms with E-state index in [4.69, 9.17) is 0 Å². The second-order valence-corrected chi connectivity index (χ2v) is 7.77. The number of halogens is 1. The summed E-state index contributed by atoms with van der Waals surface area (Å²) < 4.78 is 17.3. The number of carbonyl (C=O) groups is 2. The van der Waals surface area contributed by atoms with Gasteiger partial charge < -0.3 is 15.3 Å². The maximum Gasteiger partial charge on any atom is 0.350 e. The molecule has 0 spiro atoms. The van der Waals surface area contributed by atoms with Gasteiger partial charge in [0.25, 0.3) is 11.8 Å². The van der Waals surface area contributed by atoms with Crippen LogP contribution in [0.15, 0.2) is 41.2 Å². The number of hydrogen-bond donors (Lipinski definition) is 2. The fraction of sp³-hybridized carbons (Fsp3) is 0.273. The Balaban J connectivity index is 1.62. The third kappa shape index (κ3) is 3.86. The number of aromatic nitrogens is 3. The van der Waals surface area contributed by atoms with Crippen molar-refractivity contribution in [2.24, 2.45) is 0 Å². The van der Waals surface area contributed by atoms with Crippen molar-refractivity contribution in [3.8, 4) is 11.4 Å². The molecule has 10 heteroatoms. The van der Waals surface area contributed by atoms with E-state index in [0.29, 0.717) is 30.0 Å². The number of phenols is 1. The van der Waals surface area contributed by atoms with Crippen LogP contribution in [-0.2, 0) is 13.0 Å². The number of fused-ring (bicyclic) bond motifs is 1. The first-order chi connectivity index (χ1) is 15.3. The highest BCUT2D eigenvalue weighted by Crippen LogP contribution is 2.25. The van der Waals surface area contributed by atoms with Crippen LogP contribution in [0.2, 0.25) is 0 Å². The van der Waals surface area contributed by atoms with E-state index in [0.717, 1.165) is 29.7 Å². The van der Waals surface area contributed by atoms with E-state index in [1.54, 1.807) is 32.3 Å². The van der Waals surface area contributed by atoms with Crippen molar-refractivity contribution in [3.63, 3.8) is 0 Å². The summed E-state index contributed by atoms with van der Waals surface area (Å²) in [6, 6.07) is 8.13. The van der Waals surface area contributed by atoms with Gasteiger partial charge in [-0.1, -0.05) is 6.07 Å². The molecular weight excluding hydrogens is 417 g/mol. The van der Waals surface area contributed by atoms with Gasteiger partial charge >= 0.3 is 5.69 Å². The number of benzene rings is 2. The second-order valence-electron chi connectivity index (χ2n) is 7.77. The van der Waals surface area contributed by atoms with Gasteiger partial charge in [-0.2, -0.15) is 4.68 Å². The average molecular weight is 439 g/mol. The van der Waals surface area contributed by atoms with Gasteiger partial charge in [0.1, 0.15) is 23.1 Å². The summed E-state index contributed by atoms with van der Waals surface area (Å²) in [5, 5.41) is 17.1. The van der Waals surface area contributed by atoms with Crippen LogP contribution in [0.3, 0.4) is 0 Å². The maximum absolute atomic E-state index is 14.9. The molecule has 2 N–H and O–H groups in total. The lowest BCUT2D eigenvalue weighted by Crippen LogP contribution is -2.26. The number of nitrogens with zero attached hydrogens (tertiary/aromatic N) is 4. The van der Waals surface area contributed by atoms with Gasteiger partial charge in [-0.05, 0) is 37.1 Å². The minimum absolute atomic E-state index is 0.232. The van der Waals surface area contributed by atoms with E-state index in [9.17, 15) is 23.9 Å². The highest BCUT2D eigenvalue weighted by atomic mass is 19.1. The molecule has 4 rings (SSSR count). The van der Waals surface area contributed by atoms with E-state index in [2.05, 4.69) is 10.4 Å². The standard InChI is InChI=1S/C22H22FN5O4/c1-26(2)21(31)13-6-5-7-14(10-13)24-20(30)15-11-16(23)17(12-18(15)29)28-22(32)27-9-4-3-8-19(27)25-28/h5-7,10-12,29H,3-4,8-9H2,1-2H3,(H,24,30). The third-order valence-corrected chi connectivity index (χ3v) is 5.28. The Hall–Kier alpha value is -3.95. The Kier molecular flexibility index (Phi) is 5.52. The van der Waals surface area contributed by atoms with E-state index in [1.807, 2.05) is 0 Å². The Morgan fingerprint density at radius 3 is 2.69 bits per heavy atom. The maximum atomic E-state index is 14.9. The van der Waals surface area contributed by atoms with Crippen molar-refractivity contribution >= 4 is 17.5 Å². The van der Waals surface area contributed by atoms with Crippen molar-refractivity contribution in [1.82, 2.24) is 19.2 Å². The van der Waals surface area contributed by atoms with Crippen molar-refractivity contribution in [2.75, 3.05) is 19.4 Å². The molecule has 9 nitrogen and oxygen atoms in total. The summed E-state index contributed by atoms with van der Waals surface area (Å²) in [6.45, 7) is 0.512. The molecule has 166 valence electrons. The van der Waals surface area contributed by atoms with Gasteiger partial charge in [-0.25, -0.2) is 9.18 Å². The smallest absolute Gasteiger partial charge is 0.350 e. The molecule has 0 fully saturated rings. The van der Waals surface area contributed by atoms with Crippen molar-refractivity contribution in [1.29, 1.82) is 0 Å². The minimum atomic E-state index is -0.873. The summed E-state index contributed by atoms with van der Waals surface area (Å²) in [6.07, 6.45) is 2.35. The molecule has 2 amide bonds. The summed E-state index contributed by atoms with van der Waals surface area (Å²) in [4.78, 5) is 38.7. The number of aromatic hydroxyl groups is 1. The summed E-state index contributed by atoms with van der Waals surface area (Å²) in [7, 11) is 3.22. The largest absolute Gasteiger partial charge is 0.507 e. The summed E-state index contributed by atoms with van der Waals surface area (Å²) >= 11 is 0. The Morgan fingerprint density at radius 2 is 1.97 bits per heavy atom. The number of amides is 2. The van der Waals surface area contributed by atoms with Crippen LogP contribution in [0.5, 0.6) is 5.75 Å². The normalized spacial score (nSPS) is 12.8. The molecule has 0 unspecified atom stereocenters. The van der Waals surface area contributed by atoms with Crippen LogP contribution in [0, 0.1) is 5.82 Å². The topological polar surface area (TPSA) is 109 Å². The van der Waals surface area contributed by atoms with Gasteiger partial charge in [-0.15, -0.1) is 5.10 Å². The van der Waals surface area contributed by atoms with Gasteiger partial charge in [0.05, 0.1) is 5.56 Å². The highest BCUT2D eigenvalue weighted by Gasteiger charge is 2.22. The summed E-state index contributed by atoms with van der Waals surface area (Å²) in [5.74, 6) is -1.82. The quantitative estimate of drug-likeness (QED) is 0.648. The molecule has 32 heavy (non-hydrogen) atoms.